The SMILES string of the molecule is C=C(OC)C1=CCC(C(CC)(CC(C)O)OC)OC1. The maximum Gasteiger partial charge on any atom is 0.116 e. The summed E-state index contributed by atoms with van der Waals surface area (Å²) in [5.74, 6) is 0.647. The summed E-state index contributed by atoms with van der Waals surface area (Å²) in [6, 6.07) is 0. The zero-order chi connectivity index (χ0) is 14.5. The zero-order valence-corrected chi connectivity index (χ0v) is 12.4. The summed E-state index contributed by atoms with van der Waals surface area (Å²) >= 11 is 0. The van der Waals surface area contributed by atoms with E-state index in [2.05, 4.69) is 19.6 Å². The molecule has 1 heterocycles. The number of methoxy groups -OCH3 is 2. The third-order valence-electron chi connectivity index (χ3n) is 3.86. The van der Waals surface area contributed by atoms with Crippen molar-refractivity contribution in [2.24, 2.45) is 0 Å². The van der Waals surface area contributed by atoms with Crippen LogP contribution >= 0.6 is 0 Å². The van der Waals surface area contributed by atoms with Crippen molar-refractivity contribution in [2.75, 3.05) is 20.8 Å². The summed E-state index contributed by atoms with van der Waals surface area (Å²) in [6.45, 7) is 8.14. The number of ether oxygens (including phenoxy) is 3. The van der Waals surface area contributed by atoms with Crippen molar-refractivity contribution in [3.8, 4) is 0 Å². The highest BCUT2D eigenvalue weighted by Crippen LogP contribution is 2.33. The van der Waals surface area contributed by atoms with Gasteiger partial charge in [0.05, 0.1) is 31.5 Å². The molecule has 1 aliphatic rings. The highest BCUT2D eigenvalue weighted by atomic mass is 16.5. The van der Waals surface area contributed by atoms with Gasteiger partial charge in [0, 0.05) is 19.1 Å². The lowest BCUT2D eigenvalue weighted by molar-refractivity contribution is -0.146. The average molecular weight is 270 g/mol. The van der Waals surface area contributed by atoms with Crippen LogP contribution in [0.3, 0.4) is 0 Å². The minimum Gasteiger partial charge on any atom is -0.497 e. The summed E-state index contributed by atoms with van der Waals surface area (Å²) in [5, 5.41) is 9.67. The zero-order valence-electron chi connectivity index (χ0n) is 12.4. The van der Waals surface area contributed by atoms with Crippen LogP contribution in [-0.4, -0.2) is 43.7 Å². The molecule has 1 N–H and O–H groups in total. The Morgan fingerprint density at radius 1 is 1.63 bits per heavy atom. The molecule has 110 valence electrons. The second kappa shape index (κ2) is 7.08. The number of rotatable bonds is 7. The van der Waals surface area contributed by atoms with E-state index in [-0.39, 0.29) is 6.10 Å². The molecule has 0 saturated carbocycles. The molecule has 1 aliphatic heterocycles. The maximum absolute atomic E-state index is 9.67. The van der Waals surface area contributed by atoms with E-state index in [9.17, 15) is 5.11 Å². The Kier molecular flexibility index (Phi) is 6.04. The van der Waals surface area contributed by atoms with Gasteiger partial charge in [-0.05, 0) is 19.8 Å². The second-order valence-electron chi connectivity index (χ2n) is 5.07. The highest BCUT2D eigenvalue weighted by molar-refractivity contribution is 5.25. The normalized spacial score (nSPS) is 24.3. The van der Waals surface area contributed by atoms with Gasteiger partial charge < -0.3 is 19.3 Å². The average Bonchev–Trinajstić information content (AvgIpc) is 2.44. The largest absolute Gasteiger partial charge is 0.497 e. The molecule has 3 unspecified atom stereocenters. The standard InChI is InChI=1S/C15H26O4/c1-6-15(18-5,9-11(2)16)14-8-7-13(10-19-14)12(3)17-4/h7,11,14,16H,3,6,8-10H2,1-2,4-5H3. The Balaban J connectivity index is 2.79. The molecule has 3 atom stereocenters. The van der Waals surface area contributed by atoms with E-state index in [0.717, 1.165) is 18.4 Å². The summed E-state index contributed by atoms with van der Waals surface area (Å²) in [5.41, 5.74) is 0.543. The van der Waals surface area contributed by atoms with Crippen molar-refractivity contribution < 1.29 is 19.3 Å². The molecule has 0 aromatic rings. The molecule has 0 saturated heterocycles. The van der Waals surface area contributed by atoms with Crippen molar-refractivity contribution in [1.82, 2.24) is 0 Å². The molecule has 19 heavy (non-hydrogen) atoms. The molecule has 0 aromatic heterocycles. The Labute approximate surface area is 116 Å². The first-order chi connectivity index (χ1) is 8.99. The van der Waals surface area contributed by atoms with E-state index in [1.807, 2.05) is 0 Å². The summed E-state index contributed by atoms with van der Waals surface area (Å²) in [4.78, 5) is 0. The minimum absolute atomic E-state index is 0.0505. The van der Waals surface area contributed by atoms with E-state index in [1.54, 1.807) is 21.1 Å². The van der Waals surface area contributed by atoms with Crippen molar-refractivity contribution in [3.63, 3.8) is 0 Å². The van der Waals surface area contributed by atoms with Gasteiger partial charge in [0.25, 0.3) is 0 Å². The first-order valence-corrected chi connectivity index (χ1v) is 6.76. The van der Waals surface area contributed by atoms with E-state index in [0.29, 0.717) is 18.8 Å². The number of aliphatic hydroxyl groups excluding tert-OH is 1. The predicted molar refractivity (Wildman–Crippen MR) is 74.9 cm³/mol. The summed E-state index contributed by atoms with van der Waals surface area (Å²) < 4.78 is 16.7. The molecule has 0 aliphatic carbocycles. The van der Waals surface area contributed by atoms with E-state index in [4.69, 9.17) is 14.2 Å². The van der Waals surface area contributed by atoms with Gasteiger partial charge in [0.15, 0.2) is 0 Å². The first-order valence-electron chi connectivity index (χ1n) is 6.76. The second-order valence-corrected chi connectivity index (χ2v) is 5.07. The van der Waals surface area contributed by atoms with Crippen molar-refractivity contribution in [3.05, 3.63) is 24.0 Å². The van der Waals surface area contributed by atoms with Crippen molar-refractivity contribution >= 4 is 0 Å². The molecule has 1 rings (SSSR count). The number of hydrogen-bond acceptors (Lipinski definition) is 4. The molecule has 0 radical (unpaired) electrons. The van der Waals surface area contributed by atoms with E-state index >= 15 is 0 Å². The number of hydrogen-bond donors (Lipinski definition) is 1. The molecule has 0 aromatic carbocycles. The Morgan fingerprint density at radius 3 is 2.68 bits per heavy atom. The van der Waals surface area contributed by atoms with Gasteiger partial charge >= 0.3 is 0 Å². The summed E-state index contributed by atoms with van der Waals surface area (Å²) in [6.07, 6.45) is 3.73. The van der Waals surface area contributed by atoms with Crippen LogP contribution in [0.15, 0.2) is 24.0 Å². The van der Waals surface area contributed by atoms with E-state index < -0.39 is 11.7 Å². The summed E-state index contributed by atoms with van der Waals surface area (Å²) in [7, 11) is 3.29. The Hall–Kier alpha value is -0.840. The molecular weight excluding hydrogens is 244 g/mol. The fourth-order valence-electron chi connectivity index (χ4n) is 2.62. The van der Waals surface area contributed by atoms with Crippen molar-refractivity contribution in [1.29, 1.82) is 0 Å². The predicted octanol–water partition coefficient (Wildman–Crippen LogP) is 2.43. The third kappa shape index (κ3) is 3.81. The van der Waals surface area contributed by atoms with Crippen LogP contribution in [0.4, 0.5) is 0 Å². The highest BCUT2D eigenvalue weighted by Gasteiger charge is 2.40. The van der Waals surface area contributed by atoms with Gasteiger partial charge in [-0.15, -0.1) is 0 Å². The van der Waals surface area contributed by atoms with E-state index in [1.165, 1.54) is 0 Å². The smallest absolute Gasteiger partial charge is 0.116 e. The van der Waals surface area contributed by atoms with Gasteiger partial charge in [-0.1, -0.05) is 19.6 Å². The van der Waals surface area contributed by atoms with Gasteiger partial charge in [0.2, 0.25) is 0 Å². The Bertz CT molecular complexity index is 329. The van der Waals surface area contributed by atoms with Crippen LogP contribution in [0.25, 0.3) is 0 Å². The van der Waals surface area contributed by atoms with Gasteiger partial charge in [-0.25, -0.2) is 0 Å². The fraction of sp³-hybridized carbons (Fsp3) is 0.733. The molecule has 0 fully saturated rings. The number of aliphatic hydroxyl groups is 1. The molecule has 4 heteroatoms. The van der Waals surface area contributed by atoms with Crippen LogP contribution in [0.2, 0.25) is 0 Å². The van der Waals surface area contributed by atoms with Crippen LogP contribution in [0, 0.1) is 0 Å². The molecule has 0 amide bonds. The minimum atomic E-state index is -0.440. The quantitative estimate of drug-likeness (QED) is 0.722. The monoisotopic (exact) mass is 270 g/mol. The molecular formula is C15H26O4. The molecule has 0 spiro atoms. The van der Waals surface area contributed by atoms with Crippen LogP contribution in [0.5, 0.6) is 0 Å². The fourth-order valence-corrected chi connectivity index (χ4v) is 2.62. The molecule has 0 bridgehead atoms. The van der Waals surface area contributed by atoms with Crippen LogP contribution in [0.1, 0.15) is 33.1 Å². The van der Waals surface area contributed by atoms with Gasteiger partial charge in [-0.3, -0.25) is 0 Å². The third-order valence-corrected chi connectivity index (χ3v) is 3.86. The lowest BCUT2D eigenvalue weighted by Gasteiger charge is -2.41. The van der Waals surface area contributed by atoms with Crippen LogP contribution in [-0.2, 0) is 14.2 Å². The topological polar surface area (TPSA) is 47.9 Å². The van der Waals surface area contributed by atoms with Crippen molar-refractivity contribution in [2.45, 2.75) is 50.9 Å². The lowest BCUT2D eigenvalue weighted by Crippen LogP contribution is -2.48. The molecule has 4 nitrogen and oxygen atoms in total. The maximum atomic E-state index is 9.67. The Morgan fingerprint density at radius 2 is 2.32 bits per heavy atom. The van der Waals surface area contributed by atoms with Gasteiger partial charge in [0.1, 0.15) is 5.76 Å². The lowest BCUT2D eigenvalue weighted by atomic mass is 9.84. The van der Waals surface area contributed by atoms with Crippen LogP contribution < -0.4 is 0 Å². The van der Waals surface area contributed by atoms with Gasteiger partial charge in [-0.2, -0.15) is 0 Å². The first kappa shape index (κ1) is 16.2.